The normalized spacial score (nSPS) is 34.6. The van der Waals surface area contributed by atoms with Crippen LogP contribution in [0.1, 0.15) is 11.6 Å². The van der Waals surface area contributed by atoms with Crippen molar-refractivity contribution in [3.05, 3.63) is 31.2 Å². The van der Waals surface area contributed by atoms with Gasteiger partial charge in [0.05, 0.1) is 11.1 Å². The molecule has 7 N–H and O–H groups in total. The Balaban J connectivity index is 2.18. The number of hydrogen-bond acceptors (Lipinski definition) is 8. The van der Waals surface area contributed by atoms with Crippen LogP contribution in [-0.4, -0.2) is 51.3 Å². The molecule has 6 atom stereocenters. The second-order valence-electron chi connectivity index (χ2n) is 6.31. The van der Waals surface area contributed by atoms with Crippen LogP contribution in [0.3, 0.4) is 0 Å². The molecule has 15 heteroatoms. The van der Waals surface area contributed by atoms with Crippen LogP contribution in [-0.2, 0) is 0 Å². The molecule has 1 spiro atoms. The molecule has 0 amide bonds. The molecule has 0 saturated heterocycles. The van der Waals surface area contributed by atoms with Gasteiger partial charge in [0.1, 0.15) is 10.1 Å². The van der Waals surface area contributed by atoms with E-state index >= 15 is 0 Å². The van der Waals surface area contributed by atoms with Crippen molar-refractivity contribution in [1.29, 1.82) is 0 Å². The number of nitrogens with zero attached hydrogens (tertiary/aromatic N) is 8. The van der Waals surface area contributed by atoms with Crippen LogP contribution in [0.2, 0.25) is 0 Å². The second kappa shape index (κ2) is 7.33. The van der Waals surface area contributed by atoms with E-state index in [4.69, 9.17) is 34.1 Å². The van der Waals surface area contributed by atoms with E-state index in [1.165, 1.54) is 0 Å². The number of imidazole rings is 1. The first kappa shape index (κ1) is 19.4. The summed E-state index contributed by atoms with van der Waals surface area (Å²) in [7, 11) is 0. The fraction of sp³-hybridized carbons (Fsp3) is 0.667. The Morgan fingerprint density at radius 2 is 1.89 bits per heavy atom. The summed E-state index contributed by atoms with van der Waals surface area (Å²) in [5, 5.41) is 20.3. The number of azide groups is 2. The highest BCUT2D eigenvalue weighted by Crippen LogP contribution is 2.56. The van der Waals surface area contributed by atoms with Crippen LogP contribution >= 0.6 is 27.5 Å². The number of aliphatic hydroxyl groups excluding tert-OH is 1. The molecule has 27 heavy (non-hydrogen) atoms. The van der Waals surface area contributed by atoms with Gasteiger partial charge in [0.15, 0.2) is 18.1 Å². The lowest BCUT2D eigenvalue weighted by molar-refractivity contribution is 0.0820. The Labute approximate surface area is 165 Å². The number of aromatic amines is 1. The van der Waals surface area contributed by atoms with Crippen molar-refractivity contribution >= 4 is 39.4 Å². The van der Waals surface area contributed by atoms with Gasteiger partial charge in [-0.25, -0.2) is 9.98 Å². The van der Waals surface area contributed by atoms with E-state index in [1.807, 2.05) is 0 Å². The van der Waals surface area contributed by atoms with Crippen molar-refractivity contribution in [2.75, 3.05) is 18.8 Å². The minimum Gasteiger partial charge on any atom is -0.370 e. The molecule has 1 fully saturated rings. The van der Waals surface area contributed by atoms with Crippen LogP contribution in [0, 0.1) is 11.8 Å². The predicted molar refractivity (Wildman–Crippen MR) is 102 cm³/mol. The number of nitrogens with two attached hydrogens (primary N) is 2. The number of aliphatic imine (C=N–C) groups is 1. The number of halogens is 2. The monoisotopic (exact) mass is 458 g/mol. The summed E-state index contributed by atoms with van der Waals surface area (Å²) in [5.74, 6) is -1.27. The Kier molecular flexibility index (Phi) is 5.27. The Hall–Kier alpha value is -2.37. The highest BCUT2D eigenvalue weighted by molar-refractivity contribution is 9.10. The van der Waals surface area contributed by atoms with Crippen LogP contribution in [0.15, 0.2) is 19.8 Å². The van der Waals surface area contributed by atoms with Crippen molar-refractivity contribution in [2.24, 2.45) is 32.8 Å². The third-order valence-electron chi connectivity index (χ3n) is 5.08. The molecule has 1 aromatic heterocycles. The van der Waals surface area contributed by atoms with Gasteiger partial charge in [-0.3, -0.25) is 0 Å². The topological polar surface area (TPSA) is 223 Å². The van der Waals surface area contributed by atoms with Gasteiger partial charge in [-0.2, -0.15) is 0 Å². The second-order valence-corrected chi connectivity index (χ2v) is 7.53. The van der Waals surface area contributed by atoms with Crippen molar-refractivity contribution < 1.29 is 5.11 Å². The zero-order valence-electron chi connectivity index (χ0n) is 13.7. The zero-order chi connectivity index (χ0) is 19.8. The van der Waals surface area contributed by atoms with E-state index in [1.54, 1.807) is 0 Å². The molecule has 2 aliphatic rings. The number of nitrogen functional groups attached to an aromatic ring is 1. The lowest BCUT2D eigenvalue weighted by atomic mass is 9.79. The first-order valence-corrected chi connectivity index (χ1v) is 9.05. The first-order chi connectivity index (χ1) is 12.9. The fourth-order valence-electron chi connectivity index (χ4n) is 4.12. The predicted octanol–water partition coefficient (Wildman–Crippen LogP) is 1.29. The van der Waals surface area contributed by atoms with E-state index in [9.17, 15) is 5.11 Å². The number of hydrogen-bond donors (Lipinski definition) is 5. The maximum absolute atomic E-state index is 10.7. The summed E-state index contributed by atoms with van der Waals surface area (Å²) in [6, 6.07) is 0. The third kappa shape index (κ3) is 3.01. The molecule has 1 aliphatic heterocycles. The first-order valence-electron chi connectivity index (χ1n) is 7.83. The maximum Gasteiger partial charge on any atom is 0.198 e. The average Bonchev–Trinajstić information content (AvgIpc) is 3.17. The minimum absolute atomic E-state index is 0.0220. The molecule has 2 heterocycles. The Morgan fingerprint density at radius 3 is 2.37 bits per heavy atom. The molecular weight excluding hydrogens is 444 g/mol. The summed E-state index contributed by atoms with van der Waals surface area (Å²) >= 11 is 10.1. The quantitative estimate of drug-likeness (QED) is 0.189. The highest BCUT2D eigenvalue weighted by Gasteiger charge is 2.66. The van der Waals surface area contributed by atoms with E-state index in [-0.39, 0.29) is 25.0 Å². The molecule has 0 bridgehead atoms. The molecular formula is C12H16BrClN12O. The molecule has 0 aromatic carbocycles. The van der Waals surface area contributed by atoms with Gasteiger partial charge in [-0.1, -0.05) is 10.2 Å². The molecule has 0 radical (unpaired) electrons. The number of aromatic nitrogens is 2. The number of aliphatic hydroxyl groups is 1. The Bertz CT molecular complexity index is 861. The summed E-state index contributed by atoms with van der Waals surface area (Å²) in [6.07, 6.45) is -1.29. The standard InChI is InChI=1S/C12H16BrClN12O/c13-8-6(21-10(15)22-8)5-3(1-19-25-17)4(2-20-26-18)7(14)12(5)9(27)23-11(16)24-12/h3-5,7,9,27H,1-2H2,(H3,15,21,22)(H3,16,23,24)/t3-,4-,5-,7+,9+,12+/m1/s1. The van der Waals surface area contributed by atoms with Crippen molar-refractivity contribution in [3.63, 3.8) is 0 Å². The highest BCUT2D eigenvalue weighted by atomic mass is 79.9. The van der Waals surface area contributed by atoms with Crippen molar-refractivity contribution in [3.8, 4) is 0 Å². The average molecular weight is 460 g/mol. The Morgan fingerprint density at radius 1 is 1.26 bits per heavy atom. The van der Waals surface area contributed by atoms with Crippen molar-refractivity contribution in [2.45, 2.75) is 23.1 Å². The summed E-state index contributed by atoms with van der Waals surface area (Å²) < 4.78 is 0.420. The number of nitrogens with one attached hydrogen (secondary N) is 2. The van der Waals surface area contributed by atoms with Gasteiger partial charge in [-0.15, -0.1) is 11.6 Å². The van der Waals surface area contributed by atoms with Gasteiger partial charge in [0.25, 0.3) is 0 Å². The number of alkyl halides is 1. The number of guanidine groups is 1. The summed E-state index contributed by atoms with van der Waals surface area (Å²) in [5.41, 5.74) is 28.4. The molecule has 1 saturated carbocycles. The maximum atomic E-state index is 10.7. The smallest absolute Gasteiger partial charge is 0.198 e. The number of rotatable bonds is 5. The largest absolute Gasteiger partial charge is 0.370 e. The van der Waals surface area contributed by atoms with E-state index in [0.717, 1.165) is 0 Å². The third-order valence-corrected chi connectivity index (χ3v) is 6.37. The van der Waals surface area contributed by atoms with Gasteiger partial charge in [0.2, 0.25) is 0 Å². The molecule has 13 nitrogen and oxygen atoms in total. The van der Waals surface area contributed by atoms with Crippen LogP contribution in [0.25, 0.3) is 20.9 Å². The summed E-state index contributed by atoms with van der Waals surface area (Å²) in [6.45, 7) is 0.0709. The lowest BCUT2D eigenvalue weighted by Crippen LogP contribution is -2.60. The molecule has 1 aromatic rings. The van der Waals surface area contributed by atoms with Gasteiger partial charge >= 0.3 is 0 Å². The fourth-order valence-corrected chi connectivity index (χ4v) is 5.23. The van der Waals surface area contributed by atoms with E-state index in [0.29, 0.717) is 10.3 Å². The van der Waals surface area contributed by atoms with Gasteiger partial charge < -0.3 is 26.9 Å². The van der Waals surface area contributed by atoms with Crippen LogP contribution < -0.4 is 16.8 Å². The van der Waals surface area contributed by atoms with Gasteiger partial charge in [-0.05, 0) is 38.8 Å². The molecule has 3 rings (SSSR count). The number of H-pyrrole nitrogens is 1. The van der Waals surface area contributed by atoms with Crippen molar-refractivity contribution in [1.82, 2.24) is 15.3 Å². The van der Waals surface area contributed by atoms with Crippen LogP contribution in [0.4, 0.5) is 5.95 Å². The van der Waals surface area contributed by atoms with E-state index < -0.39 is 34.9 Å². The SMILES string of the molecule is [N-]=[N+]=NC[C@@H]1[C@@H](CN=[N+]=[N-])[C@H](c2[nH]c(N)nc2Br)[C@]2(NC(N)=N[C@H]2O)[C@H]1Cl. The molecule has 144 valence electrons. The number of anilines is 1. The molecule has 1 aliphatic carbocycles. The lowest BCUT2D eigenvalue weighted by Gasteiger charge is -2.37. The minimum atomic E-state index is -1.29. The molecule has 0 unspecified atom stereocenters. The summed E-state index contributed by atoms with van der Waals surface area (Å²) in [4.78, 5) is 16.7. The van der Waals surface area contributed by atoms with Crippen LogP contribution in [0.5, 0.6) is 0 Å². The van der Waals surface area contributed by atoms with E-state index in [2.05, 4.69) is 56.3 Å². The van der Waals surface area contributed by atoms with Gasteiger partial charge in [0, 0.05) is 28.8 Å². The zero-order valence-corrected chi connectivity index (χ0v) is 16.1.